The first-order chi connectivity index (χ1) is 10.1. The normalized spacial score (nSPS) is 12.4. The highest BCUT2D eigenvalue weighted by Crippen LogP contribution is 2.31. The molecule has 0 spiro atoms. The minimum absolute atomic E-state index is 0.200. The minimum atomic E-state index is -0.361. The Morgan fingerprint density at radius 1 is 1.19 bits per heavy atom. The van der Waals surface area contributed by atoms with Gasteiger partial charge in [0.15, 0.2) is 0 Å². The molecule has 106 valence electrons. The van der Waals surface area contributed by atoms with Gasteiger partial charge in [-0.1, -0.05) is 30.3 Å². The fourth-order valence-electron chi connectivity index (χ4n) is 2.63. The maximum absolute atomic E-state index is 13.3. The average Bonchev–Trinajstić information content (AvgIpc) is 2.88. The van der Waals surface area contributed by atoms with Crippen LogP contribution < -0.4 is 0 Å². The van der Waals surface area contributed by atoms with Gasteiger partial charge in [0, 0.05) is 22.0 Å². The van der Waals surface area contributed by atoms with E-state index in [-0.39, 0.29) is 23.2 Å². The van der Waals surface area contributed by atoms with Gasteiger partial charge in [0.05, 0.1) is 5.92 Å². The van der Waals surface area contributed by atoms with E-state index in [1.807, 2.05) is 30.3 Å². The monoisotopic (exact) mass is 284 g/mol. The summed E-state index contributed by atoms with van der Waals surface area (Å²) < 4.78 is 13.3. The molecule has 0 aliphatic heterocycles. The number of H-pyrrole nitrogens is 1. The molecule has 2 aromatic carbocycles. The highest BCUT2D eigenvalue weighted by molar-refractivity contribution is 5.84. The Balaban J connectivity index is 2.12. The van der Waals surface area contributed by atoms with Crippen molar-refractivity contribution in [1.29, 1.82) is 0 Å². The number of hydrogen-bond donors (Lipinski definition) is 1. The summed E-state index contributed by atoms with van der Waals surface area (Å²) in [4.78, 5) is 13.7. The second kappa shape index (κ2) is 5.36. The van der Waals surface area contributed by atoms with Crippen LogP contribution in [0.15, 0.2) is 54.7 Å². The summed E-state index contributed by atoms with van der Waals surface area (Å²) in [6, 6.07) is 13.8. The van der Waals surface area contributed by atoms with E-state index in [2.05, 4.69) is 4.98 Å². The van der Waals surface area contributed by atoms with Gasteiger partial charge in [-0.15, -0.1) is 0 Å². The quantitative estimate of drug-likeness (QED) is 0.586. The molecule has 0 radical (unpaired) electrons. The molecule has 0 aliphatic carbocycles. The molecular formula is C16H13FN2O2. The van der Waals surface area contributed by atoms with Crippen molar-refractivity contribution < 1.29 is 9.31 Å². The van der Waals surface area contributed by atoms with Crippen molar-refractivity contribution in [3.63, 3.8) is 0 Å². The largest absolute Gasteiger partial charge is 0.361 e. The van der Waals surface area contributed by atoms with Crippen molar-refractivity contribution in [2.24, 2.45) is 0 Å². The number of aromatic nitrogens is 1. The molecule has 1 atom stereocenters. The van der Waals surface area contributed by atoms with Crippen LogP contribution in [0.3, 0.4) is 0 Å². The SMILES string of the molecule is O=[N+]([O-])CC(c1ccccc1)c1c[nH]c2cc(F)ccc12. The van der Waals surface area contributed by atoms with Gasteiger partial charge in [0.2, 0.25) is 6.54 Å². The van der Waals surface area contributed by atoms with Crippen LogP contribution in [0, 0.1) is 15.9 Å². The molecule has 3 aromatic rings. The summed E-state index contributed by atoms with van der Waals surface area (Å²) >= 11 is 0. The average molecular weight is 284 g/mol. The van der Waals surface area contributed by atoms with E-state index >= 15 is 0 Å². The van der Waals surface area contributed by atoms with Gasteiger partial charge < -0.3 is 4.98 Å². The minimum Gasteiger partial charge on any atom is -0.361 e. The number of nitrogens with zero attached hydrogens (tertiary/aromatic N) is 1. The van der Waals surface area contributed by atoms with E-state index in [0.717, 1.165) is 16.5 Å². The molecule has 3 rings (SSSR count). The van der Waals surface area contributed by atoms with Crippen LogP contribution >= 0.6 is 0 Å². The fraction of sp³-hybridized carbons (Fsp3) is 0.125. The number of benzene rings is 2. The summed E-state index contributed by atoms with van der Waals surface area (Å²) in [5, 5.41) is 11.8. The van der Waals surface area contributed by atoms with Crippen LogP contribution in [-0.4, -0.2) is 16.5 Å². The Labute approximate surface area is 120 Å². The molecule has 1 heterocycles. The predicted octanol–water partition coefficient (Wildman–Crippen LogP) is 3.72. The lowest BCUT2D eigenvalue weighted by atomic mass is 9.91. The number of fused-ring (bicyclic) bond motifs is 1. The van der Waals surface area contributed by atoms with E-state index < -0.39 is 0 Å². The molecule has 5 heteroatoms. The molecule has 0 bridgehead atoms. The predicted molar refractivity (Wildman–Crippen MR) is 78.4 cm³/mol. The number of halogens is 1. The lowest BCUT2D eigenvalue weighted by Crippen LogP contribution is -2.13. The van der Waals surface area contributed by atoms with Gasteiger partial charge >= 0.3 is 0 Å². The van der Waals surface area contributed by atoms with E-state index in [1.165, 1.54) is 12.1 Å². The van der Waals surface area contributed by atoms with Crippen molar-refractivity contribution in [2.45, 2.75) is 5.92 Å². The van der Waals surface area contributed by atoms with Gasteiger partial charge in [-0.2, -0.15) is 0 Å². The number of rotatable bonds is 4. The van der Waals surface area contributed by atoms with E-state index in [4.69, 9.17) is 0 Å². The Morgan fingerprint density at radius 3 is 2.67 bits per heavy atom. The summed E-state index contributed by atoms with van der Waals surface area (Å²) in [5.74, 6) is -0.693. The molecule has 0 amide bonds. The highest BCUT2D eigenvalue weighted by atomic mass is 19.1. The van der Waals surface area contributed by atoms with Crippen molar-refractivity contribution in [1.82, 2.24) is 4.98 Å². The summed E-state index contributed by atoms with van der Waals surface area (Å²) in [6.07, 6.45) is 1.73. The van der Waals surface area contributed by atoms with Crippen LogP contribution in [0.1, 0.15) is 17.0 Å². The standard InChI is InChI=1S/C16H13FN2O2/c17-12-6-7-13-14(9-18-16(13)8-12)15(10-19(20)21)11-4-2-1-3-5-11/h1-9,15,18H,10H2. The van der Waals surface area contributed by atoms with Gasteiger partial charge in [0.25, 0.3) is 0 Å². The van der Waals surface area contributed by atoms with Crippen molar-refractivity contribution in [3.8, 4) is 0 Å². The summed E-state index contributed by atoms with van der Waals surface area (Å²) in [6.45, 7) is -0.200. The van der Waals surface area contributed by atoms with Crippen molar-refractivity contribution in [2.75, 3.05) is 6.54 Å². The first-order valence-electron chi connectivity index (χ1n) is 6.58. The first kappa shape index (κ1) is 13.3. The van der Waals surface area contributed by atoms with Gasteiger partial charge in [0.1, 0.15) is 5.82 Å². The van der Waals surface area contributed by atoms with Crippen LogP contribution in [0.5, 0.6) is 0 Å². The molecule has 1 N–H and O–H groups in total. The molecule has 0 saturated carbocycles. The molecular weight excluding hydrogens is 271 g/mol. The van der Waals surface area contributed by atoms with Crippen molar-refractivity contribution >= 4 is 10.9 Å². The van der Waals surface area contributed by atoms with Gasteiger partial charge in [-0.05, 0) is 29.3 Å². The number of nitro groups is 1. The molecule has 0 fully saturated rings. The fourth-order valence-corrected chi connectivity index (χ4v) is 2.63. The smallest absolute Gasteiger partial charge is 0.214 e. The Kier molecular flexibility index (Phi) is 3.39. The third-order valence-electron chi connectivity index (χ3n) is 3.58. The van der Waals surface area contributed by atoms with Gasteiger partial charge in [-0.25, -0.2) is 4.39 Å². The first-order valence-corrected chi connectivity index (χ1v) is 6.58. The lowest BCUT2D eigenvalue weighted by molar-refractivity contribution is -0.481. The molecule has 1 aromatic heterocycles. The second-order valence-electron chi connectivity index (χ2n) is 4.91. The summed E-state index contributed by atoms with van der Waals surface area (Å²) in [5.41, 5.74) is 2.33. The number of aromatic amines is 1. The third-order valence-corrected chi connectivity index (χ3v) is 3.58. The number of hydrogen-bond acceptors (Lipinski definition) is 2. The number of nitrogens with one attached hydrogen (secondary N) is 1. The third kappa shape index (κ3) is 2.63. The molecule has 1 unspecified atom stereocenters. The zero-order chi connectivity index (χ0) is 14.8. The second-order valence-corrected chi connectivity index (χ2v) is 4.91. The maximum atomic E-state index is 13.3. The Hall–Kier alpha value is -2.69. The molecule has 21 heavy (non-hydrogen) atoms. The van der Waals surface area contributed by atoms with Crippen LogP contribution in [0.2, 0.25) is 0 Å². The zero-order valence-corrected chi connectivity index (χ0v) is 11.1. The van der Waals surface area contributed by atoms with Crippen LogP contribution in [0.25, 0.3) is 10.9 Å². The van der Waals surface area contributed by atoms with E-state index in [1.54, 1.807) is 12.3 Å². The molecule has 0 saturated heterocycles. The molecule has 4 nitrogen and oxygen atoms in total. The summed E-state index contributed by atoms with van der Waals surface area (Å²) in [7, 11) is 0. The Morgan fingerprint density at radius 2 is 1.95 bits per heavy atom. The highest BCUT2D eigenvalue weighted by Gasteiger charge is 2.23. The van der Waals surface area contributed by atoms with E-state index in [9.17, 15) is 14.5 Å². The maximum Gasteiger partial charge on any atom is 0.214 e. The van der Waals surface area contributed by atoms with Gasteiger partial charge in [-0.3, -0.25) is 10.1 Å². The van der Waals surface area contributed by atoms with Crippen LogP contribution in [-0.2, 0) is 0 Å². The lowest BCUT2D eigenvalue weighted by Gasteiger charge is -2.12. The van der Waals surface area contributed by atoms with Crippen molar-refractivity contribution in [3.05, 3.63) is 81.8 Å². The zero-order valence-electron chi connectivity index (χ0n) is 11.1. The van der Waals surface area contributed by atoms with Crippen LogP contribution in [0.4, 0.5) is 4.39 Å². The Bertz CT molecular complexity index is 783. The molecule has 0 aliphatic rings. The topological polar surface area (TPSA) is 58.9 Å². The van der Waals surface area contributed by atoms with E-state index in [0.29, 0.717) is 5.52 Å².